The van der Waals surface area contributed by atoms with Crippen LogP contribution in [0.2, 0.25) is 0 Å². The van der Waals surface area contributed by atoms with Crippen LogP contribution >= 0.6 is 0 Å². The van der Waals surface area contributed by atoms with Crippen LogP contribution in [0, 0.1) is 6.92 Å². The zero-order valence-corrected chi connectivity index (χ0v) is 7.00. The molecular formula is C9H7N2O2-. The molecule has 0 saturated carbocycles. The van der Waals surface area contributed by atoms with Crippen molar-refractivity contribution < 1.29 is 5.11 Å². The van der Waals surface area contributed by atoms with Gasteiger partial charge in [0, 0.05) is 11.3 Å². The van der Waals surface area contributed by atoms with Crippen molar-refractivity contribution >= 4 is 10.8 Å². The number of aryl methyl sites for hydroxylation is 1. The van der Waals surface area contributed by atoms with Gasteiger partial charge in [0.05, 0.1) is 5.39 Å². The van der Waals surface area contributed by atoms with Crippen molar-refractivity contribution in [2.45, 2.75) is 6.92 Å². The van der Waals surface area contributed by atoms with Crippen LogP contribution in [0.4, 0.5) is 0 Å². The average molecular weight is 175 g/mol. The first-order chi connectivity index (χ1) is 6.20. The molecule has 0 atom stereocenters. The highest BCUT2D eigenvalue weighted by Crippen LogP contribution is 2.18. The molecule has 4 nitrogen and oxygen atoms in total. The van der Waals surface area contributed by atoms with Gasteiger partial charge in [0.25, 0.3) is 5.56 Å². The molecule has 1 heterocycles. The van der Waals surface area contributed by atoms with E-state index in [0.29, 0.717) is 10.8 Å². The Balaban J connectivity index is 3.09. The third kappa shape index (κ3) is 1.07. The number of fused-ring (bicyclic) bond motifs is 1. The van der Waals surface area contributed by atoms with E-state index in [9.17, 15) is 9.90 Å². The van der Waals surface area contributed by atoms with Crippen LogP contribution in [0.3, 0.4) is 0 Å². The zero-order valence-electron chi connectivity index (χ0n) is 7.00. The van der Waals surface area contributed by atoms with E-state index in [4.69, 9.17) is 0 Å². The molecule has 1 aromatic heterocycles. The van der Waals surface area contributed by atoms with E-state index in [1.54, 1.807) is 25.1 Å². The highest BCUT2D eigenvalue weighted by atomic mass is 16.3. The molecule has 0 amide bonds. The molecule has 0 fully saturated rings. The lowest BCUT2D eigenvalue weighted by molar-refractivity contribution is -0.273. The van der Waals surface area contributed by atoms with Crippen LogP contribution in [-0.2, 0) is 0 Å². The SMILES string of the molecule is Cc1cccc2c([O-])n[nH]c(=O)c12. The van der Waals surface area contributed by atoms with Crippen molar-refractivity contribution in [2.75, 3.05) is 0 Å². The Bertz CT molecular complexity index is 516. The lowest BCUT2D eigenvalue weighted by Gasteiger charge is -2.08. The lowest BCUT2D eigenvalue weighted by Crippen LogP contribution is -2.12. The van der Waals surface area contributed by atoms with E-state index in [-0.39, 0.29) is 5.56 Å². The molecule has 0 aliphatic rings. The summed E-state index contributed by atoms with van der Waals surface area (Å²) >= 11 is 0. The molecule has 2 rings (SSSR count). The summed E-state index contributed by atoms with van der Waals surface area (Å²) < 4.78 is 0. The van der Waals surface area contributed by atoms with E-state index in [0.717, 1.165) is 5.56 Å². The van der Waals surface area contributed by atoms with Gasteiger partial charge in [-0.05, 0) is 12.5 Å². The topological polar surface area (TPSA) is 68.8 Å². The van der Waals surface area contributed by atoms with Crippen molar-refractivity contribution in [3.05, 3.63) is 34.1 Å². The smallest absolute Gasteiger partial charge is 0.272 e. The maximum absolute atomic E-state index is 11.3. The molecule has 66 valence electrons. The molecule has 0 saturated heterocycles. The average Bonchev–Trinajstić information content (AvgIpc) is 2.12. The normalized spacial score (nSPS) is 10.5. The second-order valence-corrected chi connectivity index (χ2v) is 2.86. The van der Waals surface area contributed by atoms with Gasteiger partial charge in [-0.3, -0.25) is 4.79 Å². The quantitative estimate of drug-likeness (QED) is 0.626. The minimum absolute atomic E-state index is 0.312. The van der Waals surface area contributed by atoms with E-state index in [1.165, 1.54) is 0 Å². The molecule has 0 unspecified atom stereocenters. The predicted molar refractivity (Wildman–Crippen MR) is 46.5 cm³/mol. The standard InChI is InChI=1S/C9H8N2O2/c1-5-3-2-4-6-7(5)9(13)11-10-8(6)12/h2-4H,1H3,(H,10,12)(H,11,13)/p-1. The molecule has 1 aromatic carbocycles. The van der Waals surface area contributed by atoms with Gasteiger partial charge in [0.2, 0.25) is 0 Å². The van der Waals surface area contributed by atoms with Crippen molar-refractivity contribution in [1.29, 1.82) is 0 Å². The zero-order chi connectivity index (χ0) is 9.42. The van der Waals surface area contributed by atoms with Crippen LogP contribution in [0.1, 0.15) is 5.56 Å². The fourth-order valence-electron chi connectivity index (χ4n) is 1.37. The number of benzene rings is 1. The van der Waals surface area contributed by atoms with Crippen LogP contribution in [-0.4, -0.2) is 10.2 Å². The summed E-state index contributed by atoms with van der Waals surface area (Å²) in [5.74, 6) is -0.390. The van der Waals surface area contributed by atoms with E-state index >= 15 is 0 Å². The summed E-state index contributed by atoms with van der Waals surface area (Å²) in [6.45, 7) is 1.79. The van der Waals surface area contributed by atoms with E-state index in [2.05, 4.69) is 10.2 Å². The first kappa shape index (κ1) is 7.79. The van der Waals surface area contributed by atoms with Crippen molar-refractivity contribution in [3.63, 3.8) is 0 Å². The molecule has 13 heavy (non-hydrogen) atoms. The monoisotopic (exact) mass is 175 g/mol. The van der Waals surface area contributed by atoms with Crippen LogP contribution < -0.4 is 10.7 Å². The Morgan fingerprint density at radius 2 is 2.23 bits per heavy atom. The maximum Gasteiger partial charge on any atom is 0.272 e. The number of H-pyrrole nitrogens is 1. The summed E-state index contributed by atoms with van der Waals surface area (Å²) in [5, 5.41) is 17.5. The van der Waals surface area contributed by atoms with Crippen LogP contribution in [0.5, 0.6) is 5.88 Å². The molecule has 0 bridgehead atoms. The van der Waals surface area contributed by atoms with Crippen molar-refractivity contribution in [3.8, 4) is 5.88 Å². The number of rotatable bonds is 0. The Morgan fingerprint density at radius 1 is 1.46 bits per heavy atom. The number of nitrogens with zero attached hydrogens (tertiary/aromatic N) is 1. The Morgan fingerprint density at radius 3 is 2.92 bits per heavy atom. The number of aromatic amines is 1. The fraction of sp³-hybridized carbons (Fsp3) is 0.111. The molecule has 0 spiro atoms. The fourth-order valence-corrected chi connectivity index (χ4v) is 1.37. The predicted octanol–water partition coefficient (Wildman–Crippen LogP) is 0.305. The molecule has 0 radical (unpaired) electrons. The van der Waals surface area contributed by atoms with Gasteiger partial charge in [-0.1, -0.05) is 18.2 Å². The van der Waals surface area contributed by atoms with Gasteiger partial charge in [-0.15, -0.1) is 0 Å². The first-order valence-electron chi connectivity index (χ1n) is 3.85. The summed E-state index contributed by atoms with van der Waals surface area (Å²) in [7, 11) is 0. The third-order valence-corrected chi connectivity index (χ3v) is 1.99. The lowest BCUT2D eigenvalue weighted by atomic mass is 10.1. The van der Waals surface area contributed by atoms with Crippen molar-refractivity contribution in [1.82, 2.24) is 10.2 Å². The van der Waals surface area contributed by atoms with Gasteiger partial charge >= 0.3 is 0 Å². The minimum Gasteiger partial charge on any atom is -0.857 e. The summed E-state index contributed by atoms with van der Waals surface area (Å²) in [6.07, 6.45) is 0. The summed E-state index contributed by atoms with van der Waals surface area (Å²) in [5.41, 5.74) is 0.478. The maximum atomic E-state index is 11.3. The Kier molecular flexibility index (Phi) is 1.55. The minimum atomic E-state index is -0.390. The molecule has 1 N–H and O–H groups in total. The van der Waals surface area contributed by atoms with Crippen molar-refractivity contribution in [2.24, 2.45) is 0 Å². The third-order valence-electron chi connectivity index (χ3n) is 1.99. The molecule has 0 aliphatic heterocycles. The van der Waals surface area contributed by atoms with Gasteiger partial charge in [-0.2, -0.15) is 5.10 Å². The second kappa shape index (κ2) is 2.58. The summed E-state index contributed by atoms with van der Waals surface area (Å²) in [4.78, 5) is 11.3. The van der Waals surface area contributed by atoms with Crippen LogP contribution in [0.15, 0.2) is 23.0 Å². The number of nitrogens with one attached hydrogen (secondary N) is 1. The van der Waals surface area contributed by atoms with Gasteiger partial charge in [-0.25, -0.2) is 5.10 Å². The number of hydrogen-bond acceptors (Lipinski definition) is 3. The number of hydrogen-bond donors (Lipinski definition) is 1. The molecule has 4 heteroatoms. The Labute approximate surface area is 73.8 Å². The number of aromatic nitrogens is 2. The van der Waals surface area contributed by atoms with Gasteiger partial charge in [0.1, 0.15) is 0 Å². The summed E-state index contributed by atoms with van der Waals surface area (Å²) in [6, 6.07) is 5.13. The van der Waals surface area contributed by atoms with E-state index in [1.807, 2.05) is 0 Å². The van der Waals surface area contributed by atoms with E-state index < -0.39 is 5.88 Å². The second-order valence-electron chi connectivity index (χ2n) is 2.86. The van der Waals surface area contributed by atoms with Crippen LogP contribution in [0.25, 0.3) is 10.8 Å². The Hall–Kier alpha value is -1.84. The largest absolute Gasteiger partial charge is 0.857 e. The molecule has 0 aliphatic carbocycles. The molecular weight excluding hydrogens is 168 g/mol. The first-order valence-corrected chi connectivity index (χ1v) is 3.85. The highest BCUT2D eigenvalue weighted by molar-refractivity contribution is 5.87. The molecule has 2 aromatic rings. The highest BCUT2D eigenvalue weighted by Gasteiger charge is 2.01. The van der Waals surface area contributed by atoms with Gasteiger partial charge in [0.15, 0.2) is 0 Å². The van der Waals surface area contributed by atoms with Gasteiger partial charge < -0.3 is 5.11 Å².